The van der Waals surface area contributed by atoms with Crippen LogP contribution in [0.2, 0.25) is 0 Å². The Labute approximate surface area is 152 Å². The van der Waals surface area contributed by atoms with Crippen molar-refractivity contribution in [1.82, 2.24) is 0 Å². The van der Waals surface area contributed by atoms with Gasteiger partial charge in [-0.05, 0) is 67.6 Å². The minimum Gasteiger partial charge on any atom is -0.494 e. The molecule has 3 heteroatoms. The number of hydrogen-bond acceptors (Lipinski definition) is 3. The largest absolute Gasteiger partial charge is 0.494 e. The van der Waals surface area contributed by atoms with Crippen LogP contribution in [0.5, 0.6) is 11.5 Å². The lowest BCUT2D eigenvalue weighted by molar-refractivity contribution is 0.217. The number of hydrogen-bond donors (Lipinski definition) is 1. The first-order valence-corrected chi connectivity index (χ1v) is 9.29. The van der Waals surface area contributed by atoms with E-state index in [2.05, 4.69) is 57.3 Å². The van der Waals surface area contributed by atoms with E-state index in [1.165, 1.54) is 5.56 Å². The summed E-state index contributed by atoms with van der Waals surface area (Å²) in [5.74, 6) is 2.52. The summed E-state index contributed by atoms with van der Waals surface area (Å²) in [7, 11) is 0. The summed E-state index contributed by atoms with van der Waals surface area (Å²) in [5.41, 5.74) is 2.30. The second kappa shape index (κ2) is 9.97. The van der Waals surface area contributed by atoms with Crippen molar-refractivity contribution in [2.75, 3.05) is 11.9 Å². The third-order valence-electron chi connectivity index (χ3n) is 4.13. The van der Waals surface area contributed by atoms with Crippen LogP contribution in [0.25, 0.3) is 0 Å². The number of nitrogens with one attached hydrogen (secondary N) is 1. The Hall–Kier alpha value is -2.16. The molecule has 0 saturated heterocycles. The summed E-state index contributed by atoms with van der Waals surface area (Å²) in [5, 5.41) is 3.45. The van der Waals surface area contributed by atoms with Crippen LogP contribution in [0.3, 0.4) is 0 Å². The Balaban J connectivity index is 1.84. The van der Waals surface area contributed by atoms with Crippen molar-refractivity contribution in [2.24, 2.45) is 5.92 Å². The molecular weight excluding hydrogens is 310 g/mol. The van der Waals surface area contributed by atoms with Crippen LogP contribution in [0, 0.1) is 5.92 Å². The molecular formula is C22H31NO2. The fraction of sp³-hybridized carbons (Fsp3) is 0.455. The lowest BCUT2D eigenvalue weighted by atomic mass is 10.1. The molecule has 2 aromatic carbocycles. The number of ether oxygens (including phenoxy) is 2. The lowest BCUT2D eigenvalue weighted by Crippen LogP contribution is -2.09. The van der Waals surface area contributed by atoms with Gasteiger partial charge in [-0.25, -0.2) is 0 Å². The predicted molar refractivity (Wildman–Crippen MR) is 106 cm³/mol. The van der Waals surface area contributed by atoms with E-state index in [0.29, 0.717) is 5.92 Å². The zero-order valence-corrected chi connectivity index (χ0v) is 15.9. The molecule has 1 unspecified atom stereocenters. The molecule has 0 aliphatic carbocycles. The standard InChI is InChI=1S/C22H31NO2/c1-5-18(4)25-21-11-9-20(10-12-21)23-16-19-7-6-8-22(15-19)24-14-13-17(2)3/h6-12,15,17-18,23H,5,13-14,16H2,1-4H3. The summed E-state index contributed by atoms with van der Waals surface area (Å²) in [6.07, 6.45) is 2.33. The summed E-state index contributed by atoms with van der Waals surface area (Å²) in [6.45, 7) is 10.2. The van der Waals surface area contributed by atoms with Crippen LogP contribution in [-0.4, -0.2) is 12.7 Å². The zero-order chi connectivity index (χ0) is 18.1. The topological polar surface area (TPSA) is 30.5 Å². The van der Waals surface area contributed by atoms with E-state index in [9.17, 15) is 0 Å². The van der Waals surface area contributed by atoms with Crippen molar-refractivity contribution >= 4 is 5.69 Å². The first-order chi connectivity index (χ1) is 12.1. The Morgan fingerprint density at radius 3 is 2.40 bits per heavy atom. The lowest BCUT2D eigenvalue weighted by Gasteiger charge is -2.13. The van der Waals surface area contributed by atoms with Gasteiger partial charge in [-0.1, -0.05) is 32.9 Å². The van der Waals surface area contributed by atoms with Crippen LogP contribution in [0.1, 0.15) is 46.1 Å². The van der Waals surface area contributed by atoms with E-state index in [1.54, 1.807) is 0 Å². The molecule has 1 N–H and O–H groups in total. The average Bonchev–Trinajstić information content (AvgIpc) is 2.61. The highest BCUT2D eigenvalue weighted by Gasteiger charge is 2.02. The summed E-state index contributed by atoms with van der Waals surface area (Å²) in [6, 6.07) is 16.4. The maximum absolute atomic E-state index is 5.83. The zero-order valence-electron chi connectivity index (χ0n) is 15.9. The van der Waals surface area contributed by atoms with Gasteiger partial charge < -0.3 is 14.8 Å². The monoisotopic (exact) mass is 341 g/mol. The molecule has 0 saturated carbocycles. The molecule has 0 amide bonds. The SMILES string of the molecule is CCC(C)Oc1ccc(NCc2cccc(OCCC(C)C)c2)cc1. The molecule has 1 atom stereocenters. The number of rotatable bonds is 10. The molecule has 0 fully saturated rings. The van der Waals surface area contributed by atoms with Crippen LogP contribution in [0.15, 0.2) is 48.5 Å². The molecule has 0 aliphatic rings. The Kier molecular flexibility index (Phi) is 7.65. The van der Waals surface area contributed by atoms with Crippen LogP contribution in [0.4, 0.5) is 5.69 Å². The van der Waals surface area contributed by atoms with E-state index in [-0.39, 0.29) is 6.10 Å². The normalized spacial score (nSPS) is 12.0. The van der Waals surface area contributed by atoms with Crippen LogP contribution < -0.4 is 14.8 Å². The smallest absolute Gasteiger partial charge is 0.119 e. The Bertz CT molecular complexity index is 622. The molecule has 0 bridgehead atoms. The summed E-state index contributed by atoms with van der Waals surface area (Å²) < 4.78 is 11.6. The quantitative estimate of drug-likeness (QED) is 0.583. The summed E-state index contributed by atoms with van der Waals surface area (Å²) >= 11 is 0. The molecule has 0 spiro atoms. The van der Waals surface area contributed by atoms with Crippen molar-refractivity contribution in [3.8, 4) is 11.5 Å². The van der Waals surface area contributed by atoms with E-state index < -0.39 is 0 Å². The van der Waals surface area contributed by atoms with Crippen LogP contribution in [-0.2, 0) is 6.54 Å². The average molecular weight is 341 g/mol. The second-order valence-corrected chi connectivity index (χ2v) is 6.89. The van der Waals surface area contributed by atoms with Crippen molar-refractivity contribution in [3.05, 3.63) is 54.1 Å². The van der Waals surface area contributed by atoms with Gasteiger partial charge in [0.05, 0.1) is 12.7 Å². The third-order valence-corrected chi connectivity index (χ3v) is 4.13. The molecule has 136 valence electrons. The minimum absolute atomic E-state index is 0.247. The van der Waals surface area contributed by atoms with Crippen molar-refractivity contribution in [3.63, 3.8) is 0 Å². The fourth-order valence-corrected chi connectivity index (χ4v) is 2.33. The van der Waals surface area contributed by atoms with E-state index in [1.807, 2.05) is 24.3 Å². The first kappa shape index (κ1) is 19.2. The third kappa shape index (κ3) is 7.08. The number of benzene rings is 2. The highest BCUT2D eigenvalue weighted by Crippen LogP contribution is 2.19. The number of anilines is 1. The maximum atomic E-state index is 5.83. The van der Waals surface area contributed by atoms with E-state index >= 15 is 0 Å². The molecule has 0 aromatic heterocycles. The van der Waals surface area contributed by atoms with Gasteiger partial charge in [0, 0.05) is 12.2 Å². The van der Waals surface area contributed by atoms with E-state index in [0.717, 1.165) is 43.2 Å². The van der Waals surface area contributed by atoms with Crippen molar-refractivity contribution in [2.45, 2.75) is 53.2 Å². The molecule has 2 rings (SSSR count). The highest BCUT2D eigenvalue weighted by molar-refractivity contribution is 5.47. The van der Waals surface area contributed by atoms with Crippen LogP contribution >= 0.6 is 0 Å². The van der Waals surface area contributed by atoms with Gasteiger partial charge in [-0.15, -0.1) is 0 Å². The Morgan fingerprint density at radius 2 is 1.72 bits per heavy atom. The van der Waals surface area contributed by atoms with Gasteiger partial charge in [0.1, 0.15) is 11.5 Å². The van der Waals surface area contributed by atoms with Gasteiger partial charge in [-0.3, -0.25) is 0 Å². The fourth-order valence-electron chi connectivity index (χ4n) is 2.33. The molecule has 3 nitrogen and oxygen atoms in total. The molecule has 0 radical (unpaired) electrons. The minimum atomic E-state index is 0.247. The van der Waals surface area contributed by atoms with Gasteiger partial charge >= 0.3 is 0 Å². The second-order valence-electron chi connectivity index (χ2n) is 6.89. The van der Waals surface area contributed by atoms with Gasteiger partial charge in [-0.2, -0.15) is 0 Å². The van der Waals surface area contributed by atoms with Crippen molar-refractivity contribution in [1.29, 1.82) is 0 Å². The molecule has 2 aromatic rings. The van der Waals surface area contributed by atoms with Crippen molar-refractivity contribution < 1.29 is 9.47 Å². The molecule has 0 heterocycles. The van der Waals surface area contributed by atoms with Gasteiger partial charge in [0.25, 0.3) is 0 Å². The predicted octanol–water partition coefficient (Wildman–Crippen LogP) is 5.90. The molecule has 0 aliphatic heterocycles. The highest BCUT2D eigenvalue weighted by atomic mass is 16.5. The first-order valence-electron chi connectivity index (χ1n) is 9.29. The Morgan fingerprint density at radius 1 is 0.960 bits per heavy atom. The van der Waals surface area contributed by atoms with Gasteiger partial charge in [0.2, 0.25) is 0 Å². The maximum Gasteiger partial charge on any atom is 0.119 e. The summed E-state index contributed by atoms with van der Waals surface area (Å²) in [4.78, 5) is 0. The van der Waals surface area contributed by atoms with E-state index in [4.69, 9.17) is 9.47 Å². The molecule has 25 heavy (non-hydrogen) atoms. The van der Waals surface area contributed by atoms with Gasteiger partial charge in [0.15, 0.2) is 0 Å².